The van der Waals surface area contributed by atoms with Gasteiger partial charge in [-0.1, -0.05) is 25.4 Å². The molecule has 2 N–H and O–H groups in total. The number of aromatic amines is 1. The zero-order chi connectivity index (χ0) is 13.9. The van der Waals surface area contributed by atoms with E-state index in [0.29, 0.717) is 10.7 Å². The number of nitrogens with zero attached hydrogens (tertiary/aromatic N) is 1. The van der Waals surface area contributed by atoms with Gasteiger partial charge in [0.05, 0.1) is 5.69 Å². The molecule has 0 radical (unpaired) electrons. The van der Waals surface area contributed by atoms with Gasteiger partial charge in [-0.3, -0.25) is 9.89 Å². The number of alkyl halides is 2. The lowest BCUT2D eigenvalue weighted by Crippen LogP contribution is -2.24. The van der Waals surface area contributed by atoms with Gasteiger partial charge in [-0.25, -0.2) is 8.78 Å². The Balaban J connectivity index is 2.59. The van der Waals surface area contributed by atoms with E-state index in [9.17, 15) is 13.6 Å². The predicted octanol–water partition coefficient (Wildman–Crippen LogP) is 3.38. The van der Waals surface area contributed by atoms with Crippen LogP contribution < -0.4 is 5.32 Å². The molecule has 1 aromatic rings. The summed E-state index contributed by atoms with van der Waals surface area (Å²) in [5, 5.41) is 9.26. The second-order valence-electron chi connectivity index (χ2n) is 5.00. The van der Waals surface area contributed by atoms with Crippen LogP contribution in [0.2, 0.25) is 5.02 Å². The average molecular weight is 280 g/mol. The average Bonchev–Trinajstić information content (AvgIpc) is 2.46. The highest BCUT2D eigenvalue weighted by molar-refractivity contribution is 6.34. The Morgan fingerprint density at radius 2 is 2.17 bits per heavy atom. The van der Waals surface area contributed by atoms with Crippen LogP contribution in [0.1, 0.15) is 32.4 Å². The number of nitrogens with one attached hydrogen (secondary N) is 2. The van der Waals surface area contributed by atoms with E-state index in [1.165, 1.54) is 0 Å². The van der Waals surface area contributed by atoms with Crippen LogP contribution in [0.5, 0.6) is 0 Å². The van der Waals surface area contributed by atoms with Gasteiger partial charge in [-0.05, 0) is 12.3 Å². The van der Waals surface area contributed by atoms with Crippen molar-refractivity contribution in [3.8, 4) is 0 Å². The van der Waals surface area contributed by atoms with Crippen molar-refractivity contribution in [2.75, 3.05) is 5.32 Å². The monoisotopic (exact) mass is 279 g/mol. The van der Waals surface area contributed by atoms with Crippen molar-refractivity contribution in [3.63, 3.8) is 0 Å². The molecular formula is C11H16ClF2N3O. The quantitative estimate of drug-likeness (QED) is 0.868. The summed E-state index contributed by atoms with van der Waals surface area (Å²) in [6.07, 6.45) is -2.77. The number of amides is 1. The van der Waals surface area contributed by atoms with Crippen molar-refractivity contribution in [1.82, 2.24) is 10.2 Å². The summed E-state index contributed by atoms with van der Waals surface area (Å²) in [5.74, 6) is -0.152. The molecule has 0 spiro atoms. The molecular weight excluding hydrogens is 264 g/mol. The van der Waals surface area contributed by atoms with E-state index in [4.69, 9.17) is 11.6 Å². The lowest BCUT2D eigenvalue weighted by Gasteiger charge is -2.22. The molecule has 1 amide bonds. The highest BCUT2D eigenvalue weighted by Gasteiger charge is 2.26. The molecule has 0 aliphatic heterocycles. The van der Waals surface area contributed by atoms with E-state index in [-0.39, 0.29) is 24.6 Å². The lowest BCUT2D eigenvalue weighted by atomic mass is 9.85. The number of carbonyl (C=O) groups excluding carboxylic acids is 1. The van der Waals surface area contributed by atoms with Gasteiger partial charge in [-0.15, -0.1) is 0 Å². The van der Waals surface area contributed by atoms with Gasteiger partial charge in [0.15, 0.2) is 5.82 Å². The van der Waals surface area contributed by atoms with Crippen molar-refractivity contribution in [2.24, 2.45) is 5.41 Å². The normalized spacial score (nSPS) is 11.9. The van der Waals surface area contributed by atoms with Crippen LogP contribution in [0.3, 0.4) is 0 Å². The lowest BCUT2D eigenvalue weighted by molar-refractivity contribution is -0.118. The van der Waals surface area contributed by atoms with Crippen LogP contribution in [0, 0.1) is 12.3 Å². The van der Waals surface area contributed by atoms with Gasteiger partial charge in [0.1, 0.15) is 5.02 Å². The van der Waals surface area contributed by atoms with Crippen LogP contribution in [-0.4, -0.2) is 22.5 Å². The molecule has 0 saturated carbocycles. The maximum Gasteiger partial charge on any atom is 0.239 e. The molecule has 0 atom stereocenters. The zero-order valence-corrected chi connectivity index (χ0v) is 11.2. The first-order chi connectivity index (χ1) is 8.21. The number of hydrogen-bond donors (Lipinski definition) is 2. The molecule has 1 heterocycles. The number of aromatic nitrogens is 2. The Hall–Kier alpha value is -1.17. The SMILES string of the molecule is Cc1[nH]nc(NC(=O)CC(C)(C)CC(F)F)c1Cl. The Morgan fingerprint density at radius 3 is 2.61 bits per heavy atom. The van der Waals surface area contributed by atoms with Crippen LogP contribution >= 0.6 is 11.6 Å². The number of aryl methyl sites for hydroxylation is 1. The number of rotatable bonds is 5. The smallest absolute Gasteiger partial charge is 0.239 e. The topological polar surface area (TPSA) is 57.8 Å². The maximum absolute atomic E-state index is 12.3. The van der Waals surface area contributed by atoms with Crippen molar-refractivity contribution >= 4 is 23.3 Å². The molecule has 0 bridgehead atoms. The number of H-pyrrole nitrogens is 1. The van der Waals surface area contributed by atoms with Crippen molar-refractivity contribution in [2.45, 2.75) is 40.0 Å². The number of carbonyl (C=O) groups is 1. The summed E-state index contributed by atoms with van der Waals surface area (Å²) in [7, 11) is 0. The van der Waals surface area contributed by atoms with Crippen molar-refractivity contribution in [3.05, 3.63) is 10.7 Å². The molecule has 0 aliphatic carbocycles. The molecule has 18 heavy (non-hydrogen) atoms. The van der Waals surface area contributed by atoms with Crippen LogP contribution in [0.4, 0.5) is 14.6 Å². The summed E-state index contributed by atoms with van der Waals surface area (Å²) in [5.41, 5.74) is -0.130. The van der Waals surface area contributed by atoms with Crippen LogP contribution in [0.25, 0.3) is 0 Å². The maximum atomic E-state index is 12.3. The fraction of sp³-hybridized carbons (Fsp3) is 0.636. The molecule has 102 valence electrons. The summed E-state index contributed by atoms with van der Waals surface area (Å²) in [6, 6.07) is 0. The Bertz CT molecular complexity index is 432. The number of anilines is 1. The fourth-order valence-corrected chi connectivity index (χ4v) is 1.73. The van der Waals surface area contributed by atoms with Gasteiger partial charge in [0.2, 0.25) is 12.3 Å². The highest BCUT2D eigenvalue weighted by atomic mass is 35.5. The minimum absolute atomic E-state index is 0.0143. The second-order valence-corrected chi connectivity index (χ2v) is 5.37. The van der Waals surface area contributed by atoms with Gasteiger partial charge >= 0.3 is 0 Å². The van der Waals surface area contributed by atoms with Gasteiger partial charge in [0, 0.05) is 12.8 Å². The molecule has 4 nitrogen and oxygen atoms in total. The minimum Gasteiger partial charge on any atom is -0.308 e. The standard InChI is InChI=1S/C11H16ClF2N3O/c1-6-9(12)10(17-16-6)15-8(18)5-11(2,3)4-7(13)14/h7H,4-5H2,1-3H3,(H2,15,16,17,18). The molecule has 1 rings (SSSR count). The fourth-order valence-electron chi connectivity index (χ4n) is 1.60. The Morgan fingerprint density at radius 1 is 1.56 bits per heavy atom. The summed E-state index contributed by atoms with van der Waals surface area (Å²) >= 11 is 5.88. The van der Waals surface area contributed by atoms with Crippen LogP contribution in [0.15, 0.2) is 0 Å². The van der Waals surface area contributed by atoms with Gasteiger partial charge in [0.25, 0.3) is 0 Å². The van der Waals surface area contributed by atoms with E-state index < -0.39 is 11.8 Å². The summed E-state index contributed by atoms with van der Waals surface area (Å²) in [6.45, 7) is 4.96. The third-order valence-corrected chi connectivity index (χ3v) is 2.94. The molecule has 0 fully saturated rings. The molecule has 0 aromatic carbocycles. The number of hydrogen-bond acceptors (Lipinski definition) is 2. The molecule has 1 aromatic heterocycles. The van der Waals surface area contributed by atoms with Crippen molar-refractivity contribution in [1.29, 1.82) is 0 Å². The third kappa shape index (κ3) is 4.25. The van der Waals surface area contributed by atoms with Gasteiger partial charge < -0.3 is 5.32 Å². The molecule has 0 saturated heterocycles. The highest BCUT2D eigenvalue weighted by Crippen LogP contribution is 2.29. The summed E-state index contributed by atoms with van der Waals surface area (Å²) in [4.78, 5) is 11.7. The second kappa shape index (κ2) is 5.65. The van der Waals surface area contributed by atoms with E-state index >= 15 is 0 Å². The Kier molecular flexibility index (Phi) is 4.67. The molecule has 7 heteroatoms. The van der Waals surface area contributed by atoms with E-state index in [1.54, 1.807) is 20.8 Å². The molecule has 0 aliphatic rings. The van der Waals surface area contributed by atoms with Gasteiger partial charge in [-0.2, -0.15) is 5.10 Å². The van der Waals surface area contributed by atoms with Crippen LogP contribution in [-0.2, 0) is 4.79 Å². The van der Waals surface area contributed by atoms with E-state index in [1.807, 2.05) is 0 Å². The Labute approximate surface area is 109 Å². The van der Waals surface area contributed by atoms with E-state index in [2.05, 4.69) is 15.5 Å². The predicted molar refractivity (Wildman–Crippen MR) is 66.0 cm³/mol. The third-order valence-electron chi connectivity index (χ3n) is 2.48. The largest absolute Gasteiger partial charge is 0.308 e. The molecule has 0 unspecified atom stereocenters. The van der Waals surface area contributed by atoms with Crippen molar-refractivity contribution < 1.29 is 13.6 Å². The minimum atomic E-state index is -2.43. The first kappa shape index (κ1) is 14.9. The van der Waals surface area contributed by atoms with E-state index in [0.717, 1.165) is 0 Å². The number of halogens is 3. The first-order valence-electron chi connectivity index (χ1n) is 5.50. The summed E-state index contributed by atoms with van der Waals surface area (Å²) < 4.78 is 24.6. The zero-order valence-electron chi connectivity index (χ0n) is 10.5. The first-order valence-corrected chi connectivity index (χ1v) is 5.87.